The van der Waals surface area contributed by atoms with Gasteiger partial charge in [0.1, 0.15) is 11.8 Å². The zero-order chi connectivity index (χ0) is 16.9. The zero-order valence-electron chi connectivity index (χ0n) is 12.4. The number of ether oxygens (including phenoxy) is 1. The third-order valence-corrected chi connectivity index (χ3v) is 3.90. The normalized spacial score (nSPS) is 21.3. The Balaban J connectivity index is 1.92. The van der Waals surface area contributed by atoms with E-state index in [9.17, 15) is 18.0 Å². The van der Waals surface area contributed by atoms with Crippen LogP contribution in [0.3, 0.4) is 0 Å². The number of amides is 1. The van der Waals surface area contributed by atoms with Gasteiger partial charge >= 0.3 is 6.18 Å². The van der Waals surface area contributed by atoms with Crippen LogP contribution in [0, 0.1) is 17.2 Å². The highest BCUT2D eigenvalue weighted by Gasteiger charge is 2.45. The monoisotopic (exact) mass is 326 g/mol. The van der Waals surface area contributed by atoms with Gasteiger partial charge in [-0.15, -0.1) is 0 Å². The first-order valence-corrected chi connectivity index (χ1v) is 7.40. The van der Waals surface area contributed by atoms with E-state index in [-0.39, 0.29) is 17.7 Å². The SMILES string of the molecule is N#Cc1ccccc1OCC(=O)N[C@@H]1CCCC[C@@H]1C(F)(F)F. The average Bonchev–Trinajstić information content (AvgIpc) is 2.52. The molecule has 1 N–H and O–H groups in total. The molecule has 1 amide bonds. The summed E-state index contributed by atoms with van der Waals surface area (Å²) in [4.78, 5) is 11.9. The number of halogens is 3. The standard InChI is InChI=1S/C16H17F3N2O2/c17-16(18,19)12-6-2-3-7-13(12)21-15(22)10-23-14-8-4-1-5-11(14)9-20/h1,4-5,8,12-13H,2-3,6-7,10H2,(H,21,22)/t12-,13+/m0/s1. The summed E-state index contributed by atoms with van der Waals surface area (Å²) >= 11 is 0. The highest BCUT2D eigenvalue weighted by Crippen LogP contribution is 2.37. The number of para-hydroxylation sites is 1. The first kappa shape index (κ1) is 17.1. The van der Waals surface area contributed by atoms with Crippen molar-refractivity contribution in [3.63, 3.8) is 0 Å². The number of hydrogen-bond acceptors (Lipinski definition) is 3. The Morgan fingerprint density at radius 3 is 2.70 bits per heavy atom. The van der Waals surface area contributed by atoms with Crippen molar-refractivity contribution >= 4 is 5.91 Å². The molecule has 0 aromatic heterocycles. The van der Waals surface area contributed by atoms with Crippen molar-refractivity contribution in [1.29, 1.82) is 5.26 Å². The maximum Gasteiger partial charge on any atom is 0.393 e. The maximum atomic E-state index is 13.0. The van der Waals surface area contributed by atoms with Crippen LogP contribution in [0.1, 0.15) is 31.2 Å². The van der Waals surface area contributed by atoms with Crippen LogP contribution in [0.25, 0.3) is 0 Å². The van der Waals surface area contributed by atoms with E-state index in [1.165, 1.54) is 12.1 Å². The fourth-order valence-electron chi connectivity index (χ4n) is 2.77. The predicted octanol–water partition coefficient (Wildman–Crippen LogP) is 3.17. The minimum atomic E-state index is -4.31. The Bertz CT molecular complexity index is 596. The fourth-order valence-corrected chi connectivity index (χ4v) is 2.77. The van der Waals surface area contributed by atoms with Crippen molar-refractivity contribution in [2.45, 2.75) is 37.9 Å². The van der Waals surface area contributed by atoms with Crippen LogP contribution in [0.5, 0.6) is 5.75 Å². The molecule has 2 rings (SSSR count). The molecule has 4 nitrogen and oxygen atoms in total. The second-order valence-electron chi connectivity index (χ2n) is 5.50. The quantitative estimate of drug-likeness (QED) is 0.924. The van der Waals surface area contributed by atoms with E-state index in [2.05, 4.69) is 5.32 Å². The Hall–Kier alpha value is -2.23. The van der Waals surface area contributed by atoms with Crippen molar-refractivity contribution in [2.24, 2.45) is 5.92 Å². The third kappa shape index (κ3) is 4.62. The smallest absolute Gasteiger partial charge is 0.393 e. The summed E-state index contributed by atoms with van der Waals surface area (Å²) in [6.45, 7) is -0.417. The van der Waals surface area contributed by atoms with Crippen LogP contribution < -0.4 is 10.1 Å². The largest absolute Gasteiger partial charge is 0.482 e. The number of nitrogens with one attached hydrogen (secondary N) is 1. The maximum absolute atomic E-state index is 13.0. The Morgan fingerprint density at radius 2 is 2.00 bits per heavy atom. The van der Waals surface area contributed by atoms with Crippen LogP contribution in [0.4, 0.5) is 13.2 Å². The molecule has 1 aliphatic carbocycles. The van der Waals surface area contributed by atoms with Crippen LogP contribution in [0.15, 0.2) is 24.3 Å². The lowest BCUT2D eigenvalue weighted by atomic mass is 9.84. The van der Waals surface area contributed by atoms with Gasteiger partial charge < -0.3 is 10.1 Å². The minimum absolute atomic E-state index is 0.0343. The van der Waals surface area contributed by atoms with E-state index < -0.39 is 30.7 Å². The van der Waals surface area contributed by atoms with Crippen LogP contribution in [-0.2, 0) is 4.79 Å². The molecule has 1 aliphatic rings. The molecule has 7 heteroatoms. The zero-order valence-corrected chi connectivity index (χ0v) is 12.4. The molecular weight excluding hydrogens is 309 g/mol. The first-order valence-electron chi connectivity index (χ1n) is 7.40. The van der Waals surface area contributed by atoms with Crippen molar-refractivity contribution < 1.29 is 22.7 Å². The topological polar surface area (TPSA) is 62.1 Å². The van der Waals surface area contributed by atoms with Crippen LogP contribution in [0.2, 0.25) is 0 Å². The van der Waals surface area contributed by atoms with Gasteiger partial charge in [0.25, 0.3) is 5.91 Å². The molecule has 2 atom stereocenters. The Kier molecular flexibility index (Phi) is 5.48. The molecular formula is C16H17F3N2O2. The lowest BCUT2D eigenvalue weighted by Gasteiger charge is -2.33. The van der Waals surface area contributed by atoms with Gasteiger partial charge in [-0.25, -0.2) is 0 Å². The Morgan fingerprint density at radius 1 is 1.30 bits per heavy atom. The number of alkyl halides is 3. The van der Waals surface area contributed by atoms with Gasteiger partial charge in [-0.05, 0) is 25.0 Å². The molecule has 0 bridgehead atoms. The summed E-state index contributed by atoms with van der Waals surface area (Å²) in [5.74, 6) is -1.88. The van der Waals surface area contributed by atoms with Gasteiger partial charge in [0.05, 0.1) is 11.5 Å². The van der Waals surface area contributed by atoms with Crippen molar-refractivity contribution in [3.8, 4) is 11.8 Å². The van der Waals surface area contributed by atoms with Gasteiger partial charge in [-0.3, -0.25) is 4.79 Å². The molecule has 1 fully saturated rings. The molecule has 0 radical (unpaired) electrons. The molecule has 0 heterocycles. The van der Waals surface area contributed by atoms with E-state index in [4.69, 9.17) is 10.00 Å². The van der Waals surface area contributed by atoms with Gasteiger partial charge in [-0.2, -0.15) is 18.4 Å². The Labute approximate surface area is 132 Å². The number of benzene rings is 1. The minimum Gasteiger partial charge on any atom is -0.482 e. The van der Waals surface area contributed by atoms with Crippen molar-refractivity contribution in [2.75, 3.05) is 6.61 Å². The number of rotatable bonds is 4. The van der Waals surface area contributed by atoms with E-state index in [1.54, 1.807) is 12.1 Å². The average molecular weight is 326 g/mol. The summed E-state index contributed by atoms with van der Waals surface area (Å²) in [5, 5.41) is 11.3. The third-order valence-electron chi connectivity index (χ3n) is 3.90. The number of hydrogen-bond donors (Lipinski definition) is 1. The summed E-state index contributed by atoms with van der Waals surface area (Å²) in [5.41, 5.74) is 0.270. The molecule has 0 aliphatic heterocycles. The van der Waals surface area contributed by atoms with Crippen LogP contribution >= 0.6 is 0 Å². The molecule has 0 unspecified atom stereocenters. The fraction of sp³-hybridized carbons (Fsp3) is 0.500. The summed E-state index contributed by atoms with van der Waals surface area (Å²) < 4.78 is 44.2. The van der Waals surface area contributed by atoms with Gasteiger partial charge in [-0.1, -0.05) is 25.0 Å². The number of carbonyl (C=O) groups excluding carboxylic acids is 1. The van der Waals surface area contributed by atoms with E-state index in [1.807, 2.05) is 6.07 Å². The highest BCUT2D eigenvalue weighted by molar-refractivity contribution is 5.78. The molecule has 23 heavy (non-hydrogen) atoms. The van der Waals surface area contributed by atoms with E-state index in [0.717, 1.165) is 0 Å². The summed E-state index contributed by atoms with van der Waals surface area (Å²) in [7, 11) is 0. The van der Waals surface area contributed by atoms with Crippen molar-refractivity contribution in [1.82, 2.24) is 5.32 Å². The lowest BCUT2D eigenvalue weighted by molar-refractivity contribution is -0.189. The van der Waals surface area contributed by atoms with E-state index >= 15 is 0 Å². The number of nitrogens with zero attached hydrogens (tertiary/aromatic N) is 1. The second kappa shape index (κ2) is 7.36. The van der Waals surface area contributed by atoms with Crippen LogP contribution in [-0.4, -0.2) is 24.7 Å². The summed E-state index contributed by atoms with van der Waals surface area (Å²) in [6, 6.07) is 7.38. The molecule has 0 spiro atoms. The first-order chi connectivity index (χ1) is 10.9. The van der Waals surface area contributed by atoms with Gasteiger partial charge in [0, 0.05) is 6.04 Å². The second-order valence-corrected chi connectivity index (χ2v) is 5.50. The molecule has 1 aromatic carbocycles. The lowest BCUT2D eigenvalue weighted by Crippen LogP contribution is -2.48. The van der Waals surface area contributed by atoms with Gasteiger partial charge in [0.2, 0.25) is 0 Å². The predicted molar refractivity (Wildman–Crippen MR) is 76.6 cm³/mol. The molecule has 1 saturated carbocycles. The van der Waals surface area contributed by atoms with E-state index in [0.29, 0.717) is 19.3 Å². The number of nitriles is 1. The van der Waals surface area contributed by atoms with Crippen molar-refractivity contribution in [3.05, 3.63) is 29.8 Å². The highest BCUT2D eigenvalue weighted by atomic mass is 19.4. The molecule has 0 saturated heterocycles. The summed E-state index contributed by atoms with van der Waals surface area (Å²) in [6.07, 6.45) is -2.79. The molecule has 124 valence electrons. The van der Waals surface area contributed by atoms with Gasteiger partial charge in [0.15, 0.2) is 6.61 Å². The molecule has 1 aromatic rings. The number of carbonyl (C=O) groups is 1.